The number of nitrogen functional groups attached to an aromatic ring is 1. The highest BCUT2D eigenvalue weighted by molar-refractivity contribution is 7.21. The summed E-state index contributed by atoms with van der Waals surface area (Å²) in [6.07, 6.45) is 0. The molecule has 5 heteroatoms. The van der Waals surface area contributed by atoms with E-state index >= 15 is 0 Å². The van der Waals surface area contributed by atoms with Crippen LogP contribution >= 0.6 is 11.3 Å². The SMILES string of the molecule is COc1ccc2nc(-c3ccc(N)cc3OC)sc2c1. The summed E-state index contributed by atoms with van der Waals surface area (Å²) in [6.45, 7) is 0. The van der Waals surface area contributed by atoms with Crippen LogP contribution in [0.1, 0.15) is 0 Å². The summed E-state index contributed by atoms with van der Waals surface area (Å²) in [5.41, 5.74) is 8.35. The van der Waals surface area contributed by atoms with E-state index in [2.05, 4.69) is 4.98 Å². The first kappa shape index (κ1) is 12.7. The number of benzene rings is 2. The molecule has 0 bridgehead atoms. The van der Waals surface area contributed by atoms with Gasteiger partial charge in [-0.3, -0.25) is 0 Å². The van der Waals surface area contributed by atoms with Gasteiger partial charge in [-0.25, -0.2) is 4.98 Å². The lowest BCUT2D eigenvalue weighted by molar-refractivity contribution is 0.415. The van der Waals surface area contributed by atoms with Crippen molar-refractivity contribution in [2.75, 3.05) is 20.0 Å². The molecule has 0 fully saturated rings. The normalized spacial score (nSPS) is 10.7. The van der Waals surface area contributed by atoms with E-state index in [4.69, 9.17) is 15.2 Å². The van der Waals surface area contributed by atoms with Gasteiger partial charge in [-0.15, -0.1) is 11.3 Å². The van der Waals surface area contributed by atoms with Crippen LogP contribution in [0.15, 0.2) is 36.4 Å². The van der Waals surface area contributed by atoms with E-state index in [1.807, 2.05) is 36.4 Å². The predicted octanol–water partition coefficient (Wildman–Crippen LogP) is 3.56. The zero-order valence-corrected chi connectivity index (χ0v) is 12.0. The maximum absolute atomic E-state index is 5.78. The minimum Gasteiger partial charge on any atom is -0.497 e. The van der Waals surface area contributed by atoms with Crippen LogP contribution in [0.25, 0.3) is 20.8 Å². The van der Waals surface area contributed by atoms with E-state index in [1.54, 1.807) is 25.6 Å². The summed E-state index contributed by atoms with van der Waals surface area (Å²) in [6, 6.07) is 11.4. The highest BCUT2D eigenvalue weighted by atomic mass is 32.1. The van der Waals surface area contributed by atoms with E-state index in [9.17, 15) is 0 Å². The van der Waals surface area contributed by atoms with Gasteiger partial charge in [0.1, 0.15) is 16.5 Å². The molecule has 0 spiro atoms. The topological polar surface area (TPSA) is 57.4 Å². The summed E-state index contributed by atoms with van der Waals surface area (Å²) < 4.78 is 11.7. The molecule has 0 amide bonds. The van der Waals surface area contributed by atoms with Crippen molar-refractivity contribution < 1.29 is 9.47 Å². The molecular formula is C15H14N2O2S. The standard InChI is InChI=1S/C15H14N2O2S/c1-18-10-4-6-12-14(8-10)20-15(17-12)11-5-3-9(16)7-13(11)19-2/h3-8H,16H2,1-2H3. The number of anilines is 1. The maximum atomic E-state index is 5.78. The number of hydrogen-bond acceptors (Lipinski definition) is 5. The van der Waals surface area contributed by atoms with Gasteiger partial charge in [-0.05, 0) is 30.3 Å². The summed E-state index contributed by atoms with van der Waals surface area (Å²) in [7, 11) is 3.29. The molecule has 1 heterocycles. The average molecular weight is 286 g/mol. The first-order valence-electron chi connectivity index (χ1n) is 6.09. The molecule has 0 radical (unpaired) electrons. The minimum atomic E-state index is 0.674. The van der Waals surface area contributed by atoms with E-state index in [1.165, 1.54) is 0 Å². The fraction of sp³-hybridized carbons (Fsp3) is 0.133. The Balaban J connectivity index is 2.14. The molecule has 0 unspecified atom stereocenters. The number of rotatable bonds is 3. The van der Waals surface area contributed by atoms with E-state index in [0.717, 1.165) is 32.3 Å². The fourth-order valence-corrected chi connectivity index (χ4v) is 3.06. The second-order valence-electron chi connectivity index (χ2n) is 4.31. The number of aromatic nitrogens is 1. The highest BCUT2D eigenvalue weighted by Gasteiger charge is 2.12. The van der Waals surface area contributed by atoms with Crippen molar-refractivity contribution >= 4 is 27.2 Å². The van der Waals surface area contributed by atoms with Gasteiger partial charge in [0.2, 0.25) is 0 Å². The average Bonchev–Trinajstić information content (AvgIpc) is 2.89. The Morgan fingerprint density at radius 3 is 2.65 bits per heavy atom. The van der Waals surface area contributed by atoms with Crippen molar-refractivity contribution in [2.45, 2.75) is 0 Å². The van der Waals surface area contributed by atoms with Crippen LogP contribution in [0.5, 0.6) is 11.5 Å². The molecular weight excluding hydrogens is 272 g/mol. The van der Waals surface area contributed by atoms with Crippen molar-refractivity contribution in [3.8, 4) is 22.1 Å². The van der Waals surface area contributed by atoms with Gasteiger partial charge >= 0.3 is 0 Å². The number of fused-ring (bicyclic) bond motifs is 1. The highest BCUT2D eigenvalue weighted by Crippen LogP contribution is 2.37. The number of ether oxygens (including phenoxy) is 2. The molecule has 0 atom stereocenters. The van der Waals surface area contributed by atoms with Crippen molar-refractivity contribution in [1.82, 2.24) is 4.98 Å². The van der Waals surface area contributed by atoms with Crippen molar-refractivity contribution in [1.29, 1.82) is 0 Å². The quantitative estimate of drug-likeness (QED) is 0.748. The van der Waals surface area contributed by atoms with Crippen LogP contribution < -0.4 is 15.2 Å². The van der Waals surface area contributed by atoms with Crippen molar-refractivity contribution in [3.63, 3.8) is 0 Å². The molecule has 2 N–H and O–H groups in total. The van der Waals surface area contributed by atoms with Crippen LogP contribution in [0.3, 0.4) is 0 Å². The zero-order chi connectivity index (χ0) is 14.1. The Hall–Kier alpha value is -2.27. The molecule has 0 saturated heterocycles. The van der Waals surface area contributed by atoms with Crippen LogP contribution in [-0.4, -0.2) is 19.2 Å². The third kappa shape index (κ3) is 2.16. The number of nitrogens with two attached hydrogens (primary N) is 1. The summed E-state index contributed by atoms with van der Waals surface area (Å²) >= 11 is 1.60. The largest absolute Gasteiger partial charge is 0.497 e. The third-order valence-electron chi connectivity index (χ3n) is 3.05. The summed E-state index contributed by atoms with van der Waals surface area (Å²) in [4.78, 5) is 4.64. The fourth-order valence-electron chi connectivity index (χ4n) is 2.03. The number of hydrogen-bond donors (Lipinski definition) is 1. The number of methoxy groups -OCH3 is 2. The third-order valence-corrected chi connectivity index (χ3v) is 4.10. The second-order valence-corrected chi connectivity index (χ2v) is 5.34. The molecule has 3 rings (SSSR count). The second kappa shape index (κ2) is 5.02. The Bertz CT molecular complexity index is 768. The van der Waals surface area contributed by atoms with Crippen molar-refractivity contribution in [3.05, 3.63) is 36.4 Å². The molecule has 0 saturated carbocycles. The monoisotopic (exact) mass is 286 g/mol. The summed E-state index contributed by atoms with van der Waals surface area (Å²) in [5.74, 6) is 1.56. The first-order valence-corrected chi connectivity index (χ1v) is 6.91. The molecule has 4 nitrogen and oxygen atoms in total. The zero-order valence-electron chi connectivity index (χ0n) is 11.2. The van der Waals surface area contributed by atoms with E-state index in [-0.39, 0.29) is 0 Å². The molecule has 0 aliphatic heterocycles. The van der Waals surface area contributed by atoms with Crippen LogP contribution in [0.4, 0.5) is 5.69 Å². The van der Waals surface area contributed by atoms with E-state index < -0.39 is 0 Å². The predicted molar refractivity (Wildman–Crippen MR) is 82.6 cm³/mol. The summed E-state index contributed by atoms with van der Waals surface area (Å²) in [5, 5.41) is 0.908. The van der Waals surface area contributed by atoms with Crippen LogP contribution in [-0.2, 0) is 0 Å². The molecule has 102 valence electrons. The number of thiazole rings is 1. The molecule has 20 heavy (non-hydrogen) atoms. The molecule has 0 aliphatic rings. The van der Waals surface area contributed by atoms with Crippen LogP contribution in [0.2, 0.25) is 0 Å². The maximum Gasteiger partial charge on any atom is 0.131 e. The lowest BCUT2D eigenvalue weighted by Gasteiger charge is -2.06. The van der Waals surface area contributed by atoms with Gasteiger partial charge in [-0.2, -0.15) is 0 Å². The first-order chi connectivity index (χ1) is 9.71. The van der Waals surface area contributed by atoms with Crippen LogP contribution in [0, 0.1) is 0 Å². The molecule has 1 aromatic heterocycles. The molecule has 2 aromatic carbocycles. The minimum absolute atomic E-state index is 0.674. The van der Waals surface area contributed by atoms with Gasteiger partial charge in [0.15, 0.2) is 0 Å². The van der Waals surface area contributed by atoms with Gasteiger partial charge in [0.25, 0.3) is 0 Å². The van der Waals surface area contributed by atoms with Gasteiger partial charge in [0, 0.05) is 11.8 Å². The lowest BCUT2D eigenvalue weighted by Crippen LogP contribution is -1.90. The van der Waals surface area contributed by atoms with Gasteiger partial charge in [0.05, 0.1) is 30.0 Å². The Labute approximate surface area is 120 Å². The lowest BCUT2D eigenvalue weighted by atomic mass is 10.2. The van der Waals surface area contributed by atoms with E-state index in [0.29, 0.717) is 5.69 Å². The Kier molecular flexibility index (Phi) is 3.20. The Morgan fingerprint density at radius 1 is 1.05 bits per heavy atom. The molecule has 0 aliphatic carbocycles. The van der Waals surface area contributed by atoms with Gasteiger partial charge in [-0.1, -0.05) is 0 Å². The van der Waals surface area contributed by atoms with Crippen molar-refractivity contribution in [2.24, 2.45) is 0 Å². The van der Waals surface area contributed by atoms with Gasteiger partial charge < -0.3 is 15.2 Å². The Morgan fingerprint density at radius 2 is 1.90 bits per heavy atom. The molecule has 3 aromatic rings. The smallest absolute Gasteiger partial charge is 0.131 e. The number of nitrogens with zero attached hydrogens (tertiary/aromatic N) is 1.